The Labute approximate surface area is 166 Å². The van der Waals surface area contributed by atoms with Crippen molar-refractivity contribution in [2.24, 2.45) is 0 Å². The van der Waals surface area contributed by atoms with Crippen LogP contribution in [0.25, 0.3) is 10.2 Å². The lowest BCUT2D eigenvalue weighted by atomic mass is 10.2. The summed E-state index contributed by atoms with van der Waals surface area (Å²) in [6, 6.07) is 6.71. The molecular weight excluding hydrogens is 417 g/mol. The molecule has 0 radical (unpaired) electrons. The van der Waals surface area contributed by atoms with Crippen molar-refractivity contribution in [1.82, 2.24) is 4.98 Å². The molecule has 0 unspecified atom stereocenters. The van der Waals surface area contributed by atoms with Crippen LogP contribution in [0.3, 0.4) is 0 Å². The van der Waals surface area contributed by atoms with Gasteiger partial charge in [-0.05, 0) is 18.2 Å². The van der Waals surface area contributed by atoms with E-state index in [4.69, 9.17) is 16.7 Å². The Morgan fingerprint density at radius 3 is 2.57 bits per heavy atom. The minimum Gasteiger partial charge on any atom is -0.481 e. The summed E-state index contributed by atoms with van der Waals surface area (Å²) >= 11 is 6.74. The van der Waals surface area contributed by atoms with E-state index < -0.39 is 34.8 Å². The third kappa shape index (κ3) is 4.26. The second-order valence-corrected chi connectivity index (χ2v) is 7.31. The maximum absolute atomic E-state index is 13.9. The lowest BCUT2D eigenvalue weighted by Crippen LogP contribution is -2.30. The van der Waals surface area contributed by atoms with Crippen molar-refractivity contribution < 1.29 is 27.9 Å². The Morgan fingerprint density at radius 1 is 1.14 bits per heavy atom. The van der Waals surface area contributed by atoms with Crippen LogP contribution in [0.15, 0.2) is 30.3 Å². The van der Waals surface area contributed by atoms with Crippen molar-refractivity contribution in [3.63, 3.8) is 0 Å². The highest BCUT2D eigenvalue weighted by atomic mass is 35.5. The third-order valence-electron chi connectivity index (χ3n) is 3.83. The smallest absolute Gasteiger partial charge is 0.303 e. The summed E-state index contributed by atoms with van der Waals surface area (Å²) in [5.41, 5.74) is -0.0872. The van der Waals surface area contributed by atoms with Crippen LogP contribution < -0.4 is 4.90 Å². The van der Waals surface area contributed by atoms with Gasteiger partial charge in [-0.25, -0.2) is 18.2 Å². The number of hydrogen-bond acceptors (Lipinski definition) is 4. The number of carboxylic acids is 1. The predicted octanol–water partition coefficient (Wildman–Crippen LogP) is 4.77. The van der Waals surface area contributed by atoms with Crippen molar-refractivity contribution in [3.8, 4) is 0 Å². The van der Waals surface area contributed by atoms with Crippen molar-refractivity contribution >= 4 is 50.7 Å². The zero-order valence-corrected chi connectivity index (χ0v) is 15.7. The van der Waals surface area contributed by atoms with Crippen LogP contribution in [-0.2, 0) is 16.1 Å². The van der Waals surface area contributed by atoms with Crippen molar-refractivity contribution in [1.29, 1.82) is 0 Å². The third-order valence-corrected chi connectivity index (χ3v) is 5.11. The van der Waals surface area contributed by atoms with Crippen molar-refractivity contribution in [2.75, 3.05) is 4.90 Å². The molecule has 0 spiro atoms. The number of carboxylic acid groups (broad SMARTS) is 1. The number of nitrogens with zero attached hydrogens (tertiary/aromatic N) is 2. The molecule has 28 heavy (non-hydrogen) atoms. The van der Waals surface area contributed by atoms with Gasteiger partial charge in [0.1, 0.15) is 16.3 Å². The van der Waals surface area contributed by atoms with Crippen molar-refractivity contribution in [3.05, 3.63) is 57.8 Å². The first kappa shape index (κ1) is 20.1. The van der Waals surface area contributed by atoms with E-state index in [9.17, 15) is 22.8 Å². The van der Waals surface area contributed by atoms with Gasteiger partial charge in [-0.3, -0.25) is 9.59 Å². The first-order chi connectivity index (χ1) is 13.3. The van der Waals surface area contributed by atoms with Crippen LogP contribution in [0.4, 0.5) is 18.9 Å². The van der Waals surface area contributed by atoms with Gasteiger partial charge in [-0.2, -0.15) is 0 Å². The molecular formula is C18H12ClF3N2O3S. The molecule has 0 fully saturated rings. The molecule has 1 heterocycles. The van der Waals surface area contributed by atoms with Gasteiger partial charge in [0.2, 0.25) is 5.91 Å². The number of amides is 1. The topological polar surface area (TPSA) is 70.5 Å². The second-order valence-electron chi connectivity index (χ2n) is 5.79. The summed E-state index contributed by atoms with van der Waals surface area (Å²) in [7, 11) is 0. The summed E-state index contributed by atoms with van der Waals surface area (Å²) in [5, 5.41) is 9.31. The van der Waals surface area contributed by atoms with E-state index in [0.717, 1.165) is 11.3 Å². The Hall–Kier alpha value is -2.65. The number of anilines is 1. The van der Waals surface area contributed by atoms with Crippen LogP contribution in [-0.4, -0.2) is 22.0 Å². The molecule has 0 atom stereocenters. The van der Waals surface area contributed by atoms with Crippen LogP contribution in [0, 0.1) is 17.5 Å². The lowest BCUT2D eigenvalue weighted by molar-refractivity contribution is -0.138. The number of rotatable bonds is 6. The minimum atomic E-state index is -1.36. The predicted molar refractivity (Wildman–Crippen MR) is 99.0 cm³/mol. The molecule has 3 aromatic rings. The highest BCUT2D eigenvalue weighted by Crippen LogP contribution is 2.31. The van der Waals surface area contributed by atoms with E-state index >= 15 is 0 Å². The van der Waals surface area contributed by atoms with E-state index in [-0.39, 0.29) is 29.1 Å². The SMILES string of the molecule is O=C(O)CCC(=O)N(Cc1nc2c(F)c(F)cc(F)c2s1)c1cccc(Cl)c1. The normalized spacial score (nSPS) is 11.0. The number of hydrogen-bond donors (Lipinski definition) is 1. The number of benzene rings is 2. The van der Waals surface area contributed by atoms with E-state index in [1.165, 1.54) is 11.0 Å². The fourth-order valence-electron chi connectivity index (χ4n) is 2.55. The molecule has 0 aliphatic rings. The molecule has 0 saturated heterocycles. The van der Waals surface area contributed by atoms with Gasteiger partial charge in [-0.15, -0.1) is 11.3 Å². The largest absolute Gasteiger partial charge is 0.481 e. The van der Waals surface area contributed by atoms with Gasteiger partial charge in [0.25, 0.3) is 0 Å². The number of halogens is 4. The zero-order valence-electron chi connectivity index (χ0n) is 14.1. The first-order valence-corrected chi connectivity index (χ1v) is 9.16. The fraction of sp³-hybridized carbons (Fsp3) is 0.167. The van der Waals surface area contributed by atoms with Crippen LogP contribution in [0.2, 0.25) is 5.02 Å². The number of carbonyl (C=O) groups is 2. The van der Waals surface area contributed by atoms with E-state index in [1.807, 2.05) is 0 Å². The lowest BCUT2D eigenvalue weighted by Gasteiger charge is -2.22. The Bertz CT molecular complexity index is 1070. The minimum absolute atomic E-state index is 0.155. The van der Waals surface area contributed by atoms with Gasteiger partial charge in [-0.1, -0.05) is 17.7 Å². The standard InChI is InChI=1S/C18H12ClF3N2O3S/c19-9-2-1-3-10(6-9)24(14(25)4-5-15(26)27)8-13-23-17-16(22)11(20)7-12(21)18(17)28-13/h1-3,6-7H,4-5,8H2,(H,26,27). The van der Waals surface area contributed by atoms with Gasteiger partial charge in [0, 0.05) is 23.2 Å². The fourth-order valence-corrected chi connectivity index (χ4v) is 3.69. The molecule has 1 amide bonds. The number of fused-ring (bicyclic) bond motifs is 1. The maximum atomic E-state index is 13.9. The van der Waals surface area contributed by atoms with Gasteiger partial charge >= 0.3 is 5.97 Å². The van der Waals surface area contributed by atoms with Gasteiger partial charge in [0.15, 0.2) is 11.6 Å². The first-order valence-electron chi connectivity index (χ1n) is 7.97. The molecule has 0 aliphatic carbocycles. The Kier molecular flexibility index (Phi) is 5.85. The number of carbonyl (C=O) groups excluding carboxylic acids is 1. The summed E-state index contributed by atoms with van der Waals surface area (Å²) in [6.45, 7) is -0.182. The average molecular weight is 429 g/mol. The molecule has 0 bridgehead atoms. The molecule has 5 nitrogen and oxygen atoms in total. The highest BCUT2D eigenvalue weighted by molar-refractivity contribution is 7.18. The monoisotopic (exact) mass is 428 g/mol. The average Bonchev–Trinajstić information content (AvgIpc) is 3.07. The van der Waals surface area contributed by atoms with Gasteiger partial charge < -0.3 is 10.0 Å². The highest BCUT2D eigenvalue weighted by Gasteiger charge is 2.22. The quantitative estimate of drug-likeness (QED) is 0.574. The van der Waals surface area contributed by atoms with E-state index in [0.29, 0.717) is 16.8 Å². The second kappa shape index (κ2) is 8.15. The number of aliphatic carboxylic acids is 1. The van der Waals surface area contributed by atoms with Crippen LogP contribution >= 0.6 is 22.9 Å². The van der Waals surface area contributed by atoms with Gasteiger partial charge in [0.05, 0.1) is 17.7 Å². The zero-order chi connectivity index (χ0) is 20.4. The summed E-state index contributed by atoms with van der Waals surface area (Å²) < 4.78 is 41.1. The Balaban J connectivity index is 1.98. The Morgan fingerprint density at radius 2 is 1.89 bits per heavy atom. The molecule has 10 heteroatoms. The van der Waals surface area contributed by atoms with E-state index in [1.54, 1.807) is 18.2 Å². The molecule has 0 saturated carbocycles. The molecule has 3 rings (SSSR count). The molecule has 2 aromatic carbocycles. The van der Waals surface area contributed by atoms with Crippen LogP contribution in [0.5, 0.6) is 0 Å². The van der Waals surface area contributed by atoms with Crippen LogP contribution in [0.1, 0.15) is 17.8 Å². The molecule has 146 valence electrons. The van der Waals surface area contributed by atoms with Crippen molar-refractivity contribution in [2.45, 2.75) is 19.4 Å². The summed E-state index contributed by atoms with van der Waals surface area (Å²) in [5.74, 6) is -5.25. The summed E-state index contributed by atoms with van der Waals surface area (Å²) in [6.07, 6.45) is -0.672. The van der Waals surface area contributed by atoms with E-state index in [2.05, 4.69) is 4.98 Å². The molecule has 0 aliphatic heterocycles. The number of thiazole rings is 1. The maximum Gasteiger partial charge on any atom is 0.303 e. The molecule has 1 N–H and O–H groups in total. The number of aromatic nitrogens is 1. The molecule has 1 aromatic heterocycles. The summed E-state index contributed by atoms with van der Waals surface area (Å²) in [4.78, 5) is 28.5.